The molecule has 6 heavy (non-hydrogen) atoms. The maximum absolute atomic E-state index is 0. The fourth-order valence-electron chi connectivity index (χ4n) is 0. The molecule has 6 radical (unpaired) electrons. The van der Waals surface area contributed by atoms with Crippen LogP contribution in [0.25, 0.3) is 0 Å². The van der Waals surface area contributed by atoms with Crippen LogP contribution in [0.4, 0.5) is 0 Å². The van der Waals surface area contributed by atoms with Crippen molar-refractivity contribution in [2.45, 2.75) is 0 Å². The van der Waals surface area contributed by atoms with Crippen molar-refractivity contribution < 1.29 is 0 Å². The standard InChI is InChI=1S/K.5Na. The Bertz CT molecular complexity index is 3.90. The van der Waals surface area contributed by atoms with Crippen LogP contribution < -0.4 is 0 Å². The summed E-state index contributed by atoms with van der Waals surface area (Å²) < 4.78 is 0. The largest absolute Gasteiger partial charge is 0 e. The summed E-state index contributed by atoms with van der Waals surface area (Å²) >= 11 is 0. The van der Waals surface area contributed by atoms with Crippen molar-refractivity contribution in [2.24, 2.45) is 0 Å². The van der Waals surface area contributed by atoms with E-state index in [9.17, 15) is 0 Å². The molecule has 0 aliphatic rings. The topological polar surface area (TPSA) is 0 Å². The van der Waals surface area contributed by atoms with Crippen LogP contribution in [0.1, 0.15) is 0 Å². The van der Waals surface area contributed by atoms with Crippen molar-refractivity contribution >= 4 is 199 Å². The van der Waals surface area contributed by atoms with Crippen LogP contribution in [0.5, 0.6) is 0 Å². The molecule has 0 heterocycles. The average Bonchev–Trinajstić information content (AvgIpc) is 0. The van der Waals surface area contributed by atoms with Crippen LogP contribution >= 0.6 is 0 Å². The molecule has 0 aromatic rings. The Morgan fingerprint density at radius 1 is 0.333 bits per heavy atom. The van der Waals surface area contributed by atoms with Gasteiger partial charge in [0.2, 0.25) is 0 Å². The van der Waals surface area contributed by atoms with Gasteiger partial charge < -0.3 is 0 Å². The molecule has 0 fully saturated rings. The molecule has 0 aromatic carbocycles. The molecule has 0 bridgehead atoms. The molecule has 0 nitrogen and oxygen atoms in total. The fourth-order valence-corrected chi connectivity index (χ4v) is 0. The monoisotopic (exact) mass is 154 g/mol. The van der Waals surface area contributed by atoms with Crippen LogP contribution in [0.2, 0.25) is 0 Å². The normalized spacial score (nSPS) is 0. The van der Waals surface area contributed by atoms with E-state index in [1.54, 1.807) is 0 Å². The van der Waals surface area contributed by atoms with Crippen molar-refractivity contribution in [3.05, 3.63) is 0 Å². The molecule has 6 valence electrons. The summed E-state index contributed by atoms with van der Waals surface area (Å²) in [6, 6.07) is 0. The van der Waals surface area contributed by atoms with Gasteiger partial charge in [-0.15, -0.1) is 0 Å². The predicted molar refractivity (Wildman–Crippen MR) is 34.5 cm³/mol. The first kappa shape index (κ1) is 38.9. The molecule has 0 unspecified atom stereocenters. The zero-order valence-electron chi connectivity index (χ0n) is 6.00. The molecule has 0 saturated heterocycles. The fraction of sp³-hybridized carbons (Fsp3) is 0. The minimum atomic E-state index is 0. The minimum absolute atomic E-state index is 0. The van der Waals surface area contributed by atoms with Crippen LogP contribution in [0, 0.1) is 0 Å². The van der Waals surface area contributed by atoms with E-state index in [0.29, 0.717) is 0 Å². The van der Waals surface area contributed by atoms with Gasteiger partial charge in [0.05, 0.1) is 0 Å². The quantitative estimate of drug-likeness (QED) is 0.345. The van der Waals surface area contributed by atoms with Gasteiger partial charge in [-0.05, 0) is 0 Å². The van der Waals surface area contributed by atoms with E-state index in [1.165, 1.54) is 0 Å². The van der Waals surface area contributed by atoms with Crippen molar-refractivity contribution in [1.82, 2.24) is 0 Å². The van der Waals surface area contributed by atoms with E-state index in [2.05, 4.69) is 0 Å². The summed E-state index contributed by atoms with van der Waals surface area (Å²) in [4.78, 5) is 0. The van der Waals surface area contributed by atoms with Gasteiger partial charge in [-0.2, -0.15) is 0 Å². The van der Waals surface area contributed by atoms with Gasteiger partial charge in [0, 0.05) is 199 Å². The molecule has 0 rings (SSSR count). The third kappa shape index (κ3) is 22.4. The summed E-state index contributed by atoms with van der Waals surface area (Å²) in [6.45, 7) is 0. The van der Waals surface area contributed by atoms with Gasteiger partial charge in [-0.3, -0.25) is 0 Å². The Balaban J connectivity index is 0. The number of hydrogen-bond donors (Lipinski definition) is 0. The van der Waals surface area contributed by atoms with Gasteiger partial charge in [0.1, 0.15) is 0 Å². The van der Waals surface area contributed by atoms with Gasteiger partial charge in [0.25, 0.3) is 0 Å². The second-order valence-electron chi connectivity index (χ2n) is 0. The van der Waals surface area contributed by atoms with Gasteiger partial charge in [-0.25, -0.2) is 0 Å². The summed E-state index contributed by atoms with van der Waals surface area (Å²) in [6.07, 6.45) is 0. The predicted octanol–water partition coefficient (Wildman–Crippen LogP) is -2.28. The summed E-state index contributed by atoms with van der Waals surface area (Å²) in [5.74, 6) is 0. The van der Waals surface area contributed by atoms with E-state index in [1.807, 2.05) is 0 Å². The molecule has 6 heteroatoms. The van der Waals surface area contributed by atoms with Gasteiger partial charge in [0.15, 0.2) is 0 Å². The van der Waals surface area contributed by atoms with Crippen LogP contribution in [-0.4, -0.2) is 199 Å². The van der Waals surface area contributed by atoms with Crippen molar-refractivity contribution in [1.29, 1.82) is 0 Å². The first-order chi connectivity index (χ1) is 0. The molecule has 0 aromatic heterocycles. The molecule has 0 amide bonds. The maximum Gasteiger partial charge on any atom is 0 e. The minimum Gasteiger partial charge on any atom is 0 e. The molecule has 0 N–H and O–H groups in total. The Morgan fingerprint density at radius 3 is 0.333 bits per heavy atom. The second-order valence-corrected chi connectivity index (χ2v) is 0. The molecule has 0 saturated carbocycles. The number of rotatable bonds is 0. The Labute approximate surface area is 192 Å². The maximum atomic E-state index is 0. The van der Waals surface area contributed by atoms with Crippen LogP contribution in [0.15, 0.2) is 0 Å². The van der Waals surface area contributed by atoms with Crippen molar-refractivity contribution in [3.8, 4) is 0 Å². The average molecular weight is 154 g/mol. The van der Waals surface area contributed by atoms with E-state index in [4.69, 9.17) is 0 Å². The Kier molecular flexibility index (Phi) is 194. The summed E-state index contributed by atoms with van der Waals surface area (Å²) in [7, 11) is 0. The van der Waals surface area contributed by atoms with Gasteiger partial charge in [-0.1, -0.05) is 0 Å². The Hall–Kier alpha value is 6.64. The van der Waals surface area contributed by atoms with E-state index in [-0.39, 0.29) is 199 Å². The van der Waals surface area contributed by atoms with E-state index in [0.717, 1.165) is 0 Å². The summed E-state index contributed by atoms with van der Waals surface area (Å²) in [5.41, 5.74) is 0. The van der Waals surface area contributed by atoms with Crippen molar-refractivity contribution in [2.75, 3.05) is 0 Å². The summed E-state index contributed by atoms with van der Waals surface area (Å²) in [5, 5.41) is 0. The first-order valence-electron chi connectivity index (χ1n) is 0. The molecule has 0 atom stereocenters. The second kappa shape index (κ2) is 29.9. The van der Waals surface area contributed by atoms with Crippen LogP contribution in [-0.2, 0) is 0 Å². The Morgan fingerprint density at radius 2 is 0.333 bits per heavy atom. The molecular formula is KNa5. The zero-order chi connectivity index (χ0) is 0. The third-order valence-corrected chi connectivity index (χ3v) is 0. The third-order valence-electron chi connectivity index (χ3n) is 0. The molecular weight excluding hydrogens is 154 g/mol. The zero-order valence-corrected chi connectivity index (χ0v) is 19.1. The van der Waals surface area contributed by atoms with Crippen LogP contribution in [0.3, 0.4) is 0 Å². The SMILES string of the molecule is [K].[Na].[Na].[Na].[Na].[Na]. The van der Waals surface area contributed by atoms with Gasteiger partial charge >= 0.3 is 0 Å². The molecule has 0 spiro atoms. The van der Waals surface area contributed by atoms with Crippen molar-refractivity contribution in [3.63, 3.8) is 0 Å². The van der Waals surface area contributed by atoms with E-state index >= 15 is 0 Å². The smallest absolute Gasteiger partial charge is 0 e. The first-order valence-corrected chi connectivity index (χ1v) is 0. The molecule has 0 aliphatic heterocycles. The number of hydrogen-bond acceptors (Lipinski definition) is 0. The molecule has 0 aliphatic carbocycles. The van der Waals surface area contributed by atoms with E-state index < -0.39 is 0 Å².